The molecule has 1 N–H and O–H groups in total. The average molecular weight is 267 g/mol. The lowest BCUT2D eigenvalue weighted by Gasteiger charge is -2.32. The second kappa shape index (κ2) is 6.10. The quantitative estimate of drug-likeness (QED) is 0.853. The summed E-state index contributed by atoms with van der Waals surface area (Å²) in [6.07, 6.45) is 1.97. The molecule has 1 aromatic carbocycles. The van der Waals surface area contributed by atoms with Gasteiger partial charge in [-0.1, -0.05) is 18.2 Å². The number of piperidine rings is 1. The van der Waals surface area contributed by atoms with Crippen LogP contribution in [0.2, 0.25) is 0 Å². The van der Waals surface area contributed by atoms with Crippen LogP contribution in [0.15, 0.2) is 24.3 Å². The summed E-state index contributed by atoms with van der Waals surface area (Å²) in [5, 5.41) is 3.56. The Balaban J connectivity index is 1.87. The van der Waals surface area contributed by atoms with E-state index in [1.165, 1.54) is 11.3 Å². The van der Waals surface area contributed by atoms with E-state index in [0.29, 0.717) is 6.04 Å². The second-order valence-corrected chi connectivity index (χ2v) is 5.02. The van der Waals surface area contributed by atoms with Crippen LogP contribution in [0.4, 0.5) is 5.69 Å². The SMILES string of the molecule is Cc1ccccc1NC1CCN(C(=O)CCl)CC1. The van der Waals surface area contributed by atoms with Gasteiger partial charge >= 0.3 is 0 Å². The van der Waals surface area contributed by atoms with Gasteiger partial charge in [0.05, 0.1) is 0 Å². The fourth-order valence-corrected chi connectivity index (χ4v) is 2.48. The van der Waals surface area contributed by atoms with Gasteiger partial charge in [0.1, 0.15) is 5.88 Å². The third-order valence-electron chi connectivity index (χ3n) is 3.47. The summed E-state index contributed by atoms with van der Waals surface area (Å²) in [5.41, 5.74) is 2.45. The number of nitrogens with zero attached hydrogens (tertiary/aromatic N) is 1. The Morgan fingerprint density at radius 2 is 2.06 bits per heavy atom. The first-order valence-corrected chi connectivity index (χ1v) is 6.90. The van der Waals surface area contributed by atoms with Gasteiger partial charge in [0, 0.05) is 24.8 Å². The molecule has 4 heteroatoms. The van der Waals surface area contributed by atoms with Crippen molar-refractivity contribution in [3.05, 3.63) is 29.8 Å². The molecule has 0 bridgehead atoms. The molecule has 0 spiro atoms. The van der Waals surface area contributed by atoms with Crippen LogP contribution in [-0.4, -0.2) is 35.8 Å². The number of carbonyl (C=O) groups is 1. The molecule has 3 nitrogen and oxygen atoms in total. The minimum Gasteiger partial charge on any atom is -0.382 e. The number of likely N-dealkylation sites (tertiary alicyclic amines) is 1. The minimum atomic E-state index is 0.0472. The molecule has 18 heavy (non-hydrogen) atoms. The molecule has 0 saturated carbocycles. The van der Waals surface area contributed by atoms with Gasteiger partial charge in [0.25, 0.3) is 0 Å². The molecule has 1 heterocycles. The smallest absolute Gasteiger partial charge is 0.237 e. The van der Waals surface area contributed by atoms with Gasteiger partial charge < -0.3 is 10.2 Å². The Morgan fingerprint density at radius 3 is 2.67 bits per heavy atom. The highest BCUT2D eigenvalue weighted by atomic mass is 35.5. The molecule has 1 amide bonds. The Hall–Kier alpha value is -1.22. The number of benzene rings is 1. The van der Waals surface area contributed by atoms with Crippen molar-refractivity contribution in [1.82, 2.24) is 4.90 Å². The summed E-state index contributed by atoms with van der Waals surface area (Å²) in [6.45, 7) is 3.71. The van der Waals surface area contributed by atoms with Crippen LogP contribution in [0.25, 0.3) is 0 Å². The van der Waals surface area contributed by atoms with Crippen molar-refractivity contribution < 1.29 is 4.79 Å². The number of carbonyl (C=O) groups excluding carboxylic acids is 1. The Labute approximate surface area is 113 Å². The van der Waals surface area contributed by atoms with E-state index in [4.69, 9.17) is 11.6 Å². The van der Waals surface area contributed by atoms with Crippen LogP contribution in [-0.2, 0) is 4.79 Å². The van der Waals surface area contributed by atoms with Crippen molar-refractivity contribution in [3.8, 4) is 0 Å². The summed E-state index contributed by atoms with van der Waals surface area (Å²) in [5.74, 6) is 0.140. The molecule has 0 atom stereocenters. The molecule has 0 aliphatic carbocycles. The zero-order valence-electron chi connectivity index (χ0n) is 10.7. The zero-order valence-corrected chi connectivity index (χ0v) is 11.4. The van der Waals surface area contributed by atoms with Crippen molar-refractivity contribution in [3.63, 3.8) is 0 Å². The number of aryl methyl sites for hydroxylation is 1. The molecular weight excluding hydrogens is 248 g/mol. The number of rotatable bonds is 3. The minimum absolute atomic E-state index is 0.0472. The third-order valence-corrected chi connectivity index (χ3v) is 3.70. The maximum Gasteiger partial charge on any atom is 0.237 e. The summed E-state index contributed by atoms with van der Waals surface area (Å²) < 4.78 is 0. The molecule has 0 unspecified atom stereocenters. The maximum absolute atomic E-state index is 11.5. The number of alkyl halides is 1. The fourth-order valence-electron chi connectivity index (χ4n) is 2.31. The van der Waals surface area contributed by atoms with Crippen molar-refractivity contribution in [2.24, 2.45) is 0 Å². The fraction of sp³-hybridized carbons (Fsp3) is 0.500. The van der Waals surface area contributed by atoms with Crippen molar-refractivity contribution in [1.29, 1.82) is 0 Å². The van der Waals surface area contributed by atoms with Gasteiger partial charge in [-0.05, 0) is 31.4 Å². The number of hydrogen-bond donors (Lipinski definition) is 1. The number of nitrogens with one attached hydrogen (secondary N) is 1. The molecule has 0 aromatic heterocycles. The summed E-state index contributed by atoms with van der Waals surface area (Å²) in [4.78, 5) is 13.3. The van der Waals surface area contributed by atoms with Crippen molar-refractivity contribution in [2.75, 3.05) is 24.3 Å². The van der Waals surface area contributed by atoms with E-state index in [0.717, 1.165) is 25.9 Å². The van der Waals surface area contributed by atoms with Gasteiger partial charge in [-0.3, -0.25) is 4.79 Å². The lowest BCUT2D eigenvalue weighted by atomic mass is 10.0. The number of amides is 1. The van der Waals surface area contributed by atoms with E-state index in [1.54, 1.807) is 0 Å². The predicted octanol–water partition coefficient (Wildman–Crippen LogP) is 2.64. The predicted molar refractivity (Wildman–Crippen MR) is 75.1 cm³/mol. The molecule has 1 fully saturated rings. The molecule has 2 rings (SSSR count). The molecule has 1 saturated heterocycles. The van der Waals surface area contributed by atoms with Crippen molar-refractivity contribution >= 4 is 23.2 Å². The summed E-state index contributed by atoms with van der Waals surface area (Å²) >= 11 is 5.57. The highest BCUT2D eigenvalue weighted by Crippen LogP contribution is 2.19. The Bertz CT molecular complexity index is 414. The first kappa shape index (κ1) is 13.2. The monoisotopic (exact) mass is 266 g/mol. The number of hydrogen-bond acceptors (Lipinski definition) is 2. The standard InChI is InChI=1S/C14H19ClN2O/c1-11-4-2-3-5-13(11)16-12-6-8-17(9-7-12)14(18)10-15/h2-5,12,16H,6-10H2,1H3. The Morgan fingerprint density at radius 1 is 1.39 bits per heavy atom. The van der Waals surface area contributed by atoms with E-state index in [-0.39, 0.29) is 11.8 Å². The van der Waals surface area contributed by atoms with Crippen LogP contribution < -0.4 is 5.32 Å². The normalized spacial score (nSPS) is 16.7. The largest absolute Gasteiger partial charge is 0.382 e. The zero-order chi connectivity index (χ0) is 13.0. The summed E-state index contributed by atoms with van der Waals surface area (Å²) in [6, 6.07) is 8.75. The number of halogens is 1. The second-order valence-electron chi connectivity index (χ2n) is 4.75. The van der Waals surface area contributed by atoms with E-state index in [1.807, 2.05) is 17.0 Å². The van der Waals surface area contributed by atoms with E-state index in [2.05, 4.69) is 24.4 Å². The summed E-state index contributed by atoms with van der Waals surface area (Å²) in [7, 11) is 0. The van der Waals surface area contributed by atoms with Crippen LogP contribution in [0.3, 0.4) is 0 Å². The lowest BCUT2D eigenvalue weighted by Crippen LogP contribution is -2.43. The van der Waals surface area contributed by atoms with Gasteiger partial charge in [-0.15, -0.1) is 11.6 Å². The van der Waals surface area contributed by atoms with Gasteiger partial charge in [-0.25, -0.2) is 0 Å². The van der Waals surface area contributed by atoms with Gasteiger partial charge in [0.2, 0.25) is 5.91 Å². The highest BCUT2D eigenvalue weighted by molar-refractivity contribution is 6.27. The topological polar surface area (TPSA) is 32.3 Å². The van der Waals surface area contributed by atoms with Crippen LogP contribution in [0, 0.1) is 6.92 Å². The van der Waals surface area contributed by atoms with Gasteiger partial charge in [-0.2, -0.15) is 0 Å². The first-order chi connectivity index (χ1) is 8.70. The average Bonchev–Trinajstić information content (AvgIpc) is 2.41. The molecular formula is C14H19ClN2O. The number of para-hydroxylation sites is 1. The van der Waals surface area contributed by atoms with Crippen LogP contribution in [0.1, 0.15) is 18.4 Å². The Kier molecular flexibility index (Phi) is 4.48. The van der Waals surface area contributed by atoms with Crippen molar-refractivity contribution in [2.45, 2.75) is 25.8 Å². The molecule has 1 aliphatic rings. The first-order valence-electron chi connectivity index (χ1n) is 6.36. The lowest BCUT2D eigenvalue weighted by molar-refractivity contribution is -0.129. The molecule has 0 radical (unpaired) electrons. The molecule has 1 aliphatic heterocycles. The van der Waals surface area contributed by atoms with Crippen LogP contribution in [0.5, 0.6) is 0 Å². The van der Waals surface area contributed by atoms with E-state index >= 15 is 0 Å². The molecule has 98 valence electrons. The van der Waals surface area contributed by atoms with Crippen LogP contribution >= 0.6 is 11.6 Å². The third kappa shape index (κ3) is 3.16. The number of anilines is 1. The van der Waals surface area contributed by atoms with E-state index < -0.39 is 0 Å². The van der Waals surface area contributed by atoms with E-state index in [9.17, 15) is 4.79 Å². The van der Waals surface area contributed by atoms with Gasteiger partial charge in [0.15, 0.2) is 0 Å². The maximum atomic E-state index is 11.5. The highest BCUT2D eigenvalue weighted by Gasteiger charge is 2.22. The molecule has 1 aromatic rings.